The summed E-state index contributed by atoms with van der Waals surface area (Å²) in [5, 5.41) is 0.391. The van der Waals surface area contributed by atoms with Gasteiger partial charge in [-0.3, -0.25) is 0 Å². The summed E-state index contributed by atoms with van der Waals surface area (Å²) < 4.78 is 27.2. The molecule has 1 heterocycles. The molecule has 106 valence electrons. The normalized spacial score (nSPS) is 24.8. The number of halogens is 2. The molecule has 0 bridgehead atoms. The van der Waals surface area contributed by atoms with Gasteiger partial charge in [-0.25, -0.2) is 8.42 Å². The summed E-state index contributed by atoms with van der Waals surface area (Å²) in [5.74, 6) is 0. The second-order valence-corrected chi connectivity index (χ2v) is 8.38. The number of nitrogens with zero attached hydrogens (tertiary/aromatic N) is 1. The third-order valence-electron chi connectivity index (χ3n) is 3.54. The molecular weight excluding hydrogens is 352 g/mol. The third-order valence-corrected chi connectivity index (χ3v) is 6.62. The average molecular weight is 368 g/mol. The van der Waals surface area contributed by atoms with Crippen LogP contribution >= 0.6 is 27.5 Å². The van der Waals surface area contributed by atoms with E-state index < -0.39 is 10.0 Å². The van der Waals surface area contributed by atoms with Crippen LogP contribution < -0.4 is 5.73 Å². The van der Waals surface area contributed by atoms with Gasteiger partial charge in [0.1, 0.15) is 0 Å². The van der Waals surface area contributed by atoms with E-state index in [0.717, 1.165) is 6.42 Å². The molecule has 1 aromatic carbocycles. The first-order valence-corrected chi connectivity index (χ1v) is 8.55. The predicted molar refractivity (Wildman–Crippen MR) is 79.7 cm³/mol. The van der Waals surface area contributed by atoms with Crippen molar-refractivity contribution in [3.63, 3.8) is 0 Å². The topological polar surface area (TPSA) is 63.4 Å². The number of hydrogen-bond acceptors (Lipinski definition) is 3. The van der Waals surface area contributed by atoms with Crippen molar-refractivity contribution < 1.29 is 8.42 Å². The molecule has 2 N–H and O–H groups in total. The summed E-state index contributed by atoms with van der Waals surface area (Å²) in [5.41, 5.74) is 5.57. The van der Waals surface area contributed by atoms with Crippen molar-refractivity contribution >= 4 is 37.6 Å². The highest BCUT2D eigenvalue weighted by Crippen LogP contribution is 2.34. The van der Waals surface area contributed by atoms with Crippen LogP contribution in [0.15, 0.2) is 27.6 Å². The average Bonchev–Trinajstić information content (AvgIpc) is 2.77. The second-order valence-electron chi connectivity index (χ2n) is 5.18. The molecule has 1 atom stereocenters. The minimum absolute atomic E-state index is 0.133. The fourth-order valence-electron chi connectivity index (χ4n) is 2.14. The van der Waals surface area contributed by atoms with Crippen LogP contribution in [0.5, 0.6) is 0 Å². The Kier molecular flexibility index (Phi) is 4.28. The zero-order chi connectivity index (χ0) is 14.3. The van der Waals surface area contributed by atoms with Gasteiger partial charge in [0.25, 0.3) is 0 Å². The fraction of sp³-hybridized carbons (Fsp3) is 0.500. The maximum absolute atomic E-state index is 12.5. The summed E-state index contributed by atoms with van der Waals surface area (Å²) in [7, 11) is -3.49. The first kappa shape index (κ1) is 15.3. The van der Waals surface area contributed by atoms with Gasteiger partial charge in [0.15, 0.2) is 0 Å². The molecule has 0 amide bonds. The quantitative estimate of drug-likeness (QED) is 0.892. The first-order chi connectivity index (χ1) is 8.78. The van der Waals surface area contributed by atoms with Gasteiger partial charge in [-0.1, -0.05) is 18.5 Å². The van der Waals surface area contributed by atoms with Crippen molar-refractivity contribution in [2.45, 2.75) is 18.2 Å². The SMILES string of the molecule is CC1(CN)CCN(S(=O)(=O)c2ccc(Br)c(Cl)c2)C1. The zero-order valence-corrected chi connectivity index (χ0v) is 13.7. The van der Waals surface area contributed by atoms with Gasteiger partial charge in [-0.2, -0.15) is 4.31 Å². The fourth-order valence-corrected chi connectivity index (χ4v) is 4.25. The van der Waals surface area contributed by atoms with Crippen molar-refractivity contribution in [3.05, 3.63) is 27.7 Å². The van der Waals surface area contributed by atoms with Crippen LogP contribution in [0.3, 0.4) is 0 Å². The van der Waals surface area contributed by atoms with E-state index in [2.05, 4.69) is 15.9 Å². The van der Waals surface area contributed by atoms with E-state index in [9.17, 15) is 8.42 Å². The number of sulfonamides is 1. The lowest BCUT2D eigenvalue weighted by Gasteiger charge is -2.22. The summed E-state index contributed by atoms with van der Waals surface area (Å²) in [6.45, 7) is 3.46. The summed E-state index contributed by atoms with van der Waals surface area (Å²) in [4.78, 5) is 0.224. The molecule has 7 heteroatoms. The molecule has 1 aliphatic rings. The highest BCUT2D eigenvalue weighted by Gasteiger charge is 2.39. The molecule has 2 rings (SSSR count). The molecule has 1 saturated heterocycles. The molecule has 1 aliphatic heterocycles. The monoisotopic (exact) mass is 366 g/mol. The molecule has 0 aromatic heterocycles. The largest absolute Gasteiger partial charge is 0.330 e. The second kappa shape index (κ2) is 5.33. The van der Waals surface area contributed by atoms with E-state index in [1.54, 1.807) is 12.1 Å². The van der Waals surface area contributed by atoms with E-state index in [1.165, 1.54) is 10.4 Å². The van der Waals surface area contributed by atoms with Gasteiger partial charge in [-0.15, -0.1) is 0 Å². The van der Waals surface area contributed by atoms with E-state index >= 15 is 0 Å². The van der Waals surface area contributed by atoms with Crippen molar-refractivity contribution in [2.24, 2.45) is 11.1 Å². The van der Waals surface area contributed by atoms with Crippen LogP contribution in [0.25, 0.3) is 0 Å². The summed E-state index contributed by atoms with van der Waals surface area (Å²) >= 11 is 9.21. The molecule has 1 aromatic rings. The lowest BCUT2D eigenvalue weighted by atomic mass is 9.90. The molecule has 0 radical (unpaired) electrons. The van der Waals surface area contributed by atoms with E-state index in [-0.39, 0.29) is 10.3 Å². The minimum Gasteiger partial charge on any atom is -0.330 e. The molecule has 0 aliphatic carbocycles. The van der Waals surface area contributed by atoms with Crippen LogP contribution in [0, 0.1) is 5.41 Å². The Bertz CT molecular complexity index is 593. The van der Waals surface area contributed by atoms with E-state index in [4.69, 9.17) is 17.3 Å². The minimum atomic E-state index is -3.49. The highest BCUT2D eigenvalue weighted by molar-refractivity contribution is 9.10. The maximum atomic E-state index is 12.5. The molecule has 19 heavy (non-hydrogen) atoms. The molecule has 1 unspecified atom stereocenters. The Labute approximate surface area is 127 Å². The Morgan fingerprint density at radius 2 is 2.21 bits per heavy atom. The lowest BCUT2D eigenvalue weighted by Crippen LogP contribution is -2.34. The molecule has 0 spiro atoms. The summed E-state index contributed by atoms with van der Waals surface area (Å²) in [6, 6.07) is 4.68. The first-order valence-electron chi connectivity index (χ1n) is 5.94. The van der Waals surface area contributed by atoms with Gasteiger partial charge in [-0.05, 0) is 52.5 Å². The lowest BCUT2D eigenvalue weighted by molar-refractivity contribution is 0.349. The molecular formula is C12H16BrClN2O2S. The Balaban J connectivity index is 2.31. The number of rotatable bonds is 3. The number of benzene rings is 1. The third kappa shape index (κ3) is 2.97. The van der Waals surface area contributed by atoms with Crippen LogP contribution in [0.2, 0.25) is 5.02 Å². The predicted octanol–water partition coefficient (Wildman–Crippen LogP) is 2.46. The van der Waals surface area contributed by atoms with Crippen molar-refractivity contribution in [1.29, 1.82) is 0 Å². The van der Waals surface area contributed by atoms with E-state index in [0.29, 0.717) is 29.1 Å². The maximum Gasteiger partial charge on any atom is 0.243 e. The Morgan fingerprint density at radius 3 is 2.74 bits per heavy atom. The smallest absolute Gasteiger partial charge is 0.243 e. The van der Waals surface area contributed by atoms with Crippen LogP contribution in [0.1, 0.15) is 13.3 Å². The molecule has 1 fully saturated rings. The van der Waals surface area contributed by atoms with Crippen LogP contribution in [-0.2, 0) is 10.0 Å². The van der Waals surface area contributed by atoms with Crippen molar-refractivity contribution in [3.8, 4) is 0 Å². The van der Waals surface area contributed by atoms with Crippen molar-refractivity contribution in [2.75, 3.05) is 19.6 Å². The standard InChI is InChI=1S/C12H16BrClN2O2S/c1-12(7-15)4-5-16(8-12)19(17,18)9-2-3-10(13)11(14)6-9/h2-3,6H,4-5,7-8,15H2,1H3. The van der Waals surface area contributed by atoms with Crippen LogP contribution in [-0.4, -0.2) is 32.4 Å². The van der Waals surface area contributed by atoms with Crippen molar-refractivity contribution in [1.82, 2.24) is 4.31 Å². The highest BCUT2D eigenvalue weighted by atomic mass is 79.9. The Hall–Kier alpha value is -0.140. The van der Waals surface area contributed by atoms with E-state index in [1.807, 2.05) is 6.92 Å². The van der Waals surface area contributed by atoms with Gasteiger partial charge in [0, 0.05) is 17.6 Å². The number of nitrogens with two attached hydrogens (primary N) is 1. The molecule has 0 saturated carbocycles. The Morgan fingerprint density at radius 1 is 1.53 bits per heavy atom. The number of hydrogen-bond donors (Lipinski definition) is 1. The van der Waals surface area contributed by atoms with Crippen LogP contribution in [0.4, 0.5) is 0 Å². The zero-order valence-electron chi connectivity index (χ0n) is 10.6. The van der Waals surface area contributed by atoms with Gasteiger partial charge in [0.05, 0.1) is 9.92 Å². The van der Waals surface area contributed by atoms with Gasteiger partial charge in [0.2, 0.25) is 10.0 Å². The summed E-state index contributed by atoms with van der Waals surface area (Å²) in [6.07, 6.45) is 0.785. The molecule has 4 nitrogen and oxygen atoms in total. The van der Waals surface area contributed by atoms with Gasteiger partial charge < -0.3 is 5.73 Å². The van der Waals surface area contributed by atoms with Gasteiger partial charge >= 0.3 is 0 Å².